The van der Waals surface area contributed by atoms with Gasteiger partial charge in [-0.3, -0.25) is 4.79 Å². The smallest absolute Gasteiger partial charge is 0.322 e. The minimum atomic E-state index is -4.63. The van der Waals surface area contributed by atoms with Crippen LogP contribution in [0.25, 0.3) is 22.6 Å². The van der Waals surface area contributed by atoms with Crippen molar-refractivity contribution < 1.29 is 19.4 Å². The highest BCUT2D eigenvalue weighted by molar-refractivity contribution is 6.32. The van der Waals surface area contributed by atoms with Gasteiger partial charge < -0.3 is 9.88 Å². The number of rotatable bonds is 5. The van der Waals surface area contributed by atoms with Gasteiger partial charge in [-0.05, 0) is 54.6 Å². The molecule has 0 atom stereocenters. The molecule has 0 spiro atoms. The van der Waals surface area contributed by atoms with Gasteiger partial charge in [0.15, 0.2) is 5.69 Å². The molecule has 1 N–H and O–H groups in total. The number of carbonyl (C=O) groups is 1. The van der Waals surface area contributed by atoms with Crippen LogP contribution in [0.5, 0.6) is 0 Å². The second-order valence-corrected chi connectivity index (χ2v) is 8.23. The molecule has 182 valence electrons. The van der Waals surface area contributed by atoms with Crippen LogP contribution < -0.4 is 5.32 Å². The van der Waals surface area contributed by atoms with Crippen LogP contribution in [-0.4, -0.2) is 25.2 Å². The molecule has 6 nitrogen and oxygen atoms in total. The molecule has 10 heteroatoms. The summed E-state index contributed by atoms with van der Waals surface area (Å²) in [6.45, 7) is 0. The summed E-state index contributed by atoms with van der Waals surface area (Å²) in [7, 11) is 0. The summed E-state index contributed by atoms with van der Waals surface area (Å²) in [6, 6.07) is 20.9. The number of para-hydroxylation sites is 1. The first kappa shape index (κ1) is 23.4. The maximum atomic E-state index is 13.4. The molecular weight excluding hydrogens is 491 g/mol. The summed E-state index contributed by atoms with van der Waals surface area (Å²) < 4.78 is 43.3. The van der Waals surface area contributed by atoms with Crippen molar-refractivity contribution in [2.75, 3.05) is 5.32 Å². The molecule has 0 fully saturated rings. The highest BCUT2D eigenvalue weighted by Crippen LogP contribution is 2.34. The minimum Gasteiger partial charge on any atom is -0.322 e. The van der Waals surface area contributed by atoms with E-state index in [0.29, 0.717) is 22.5 Å². The summed E-state index contributed by atoms with van der Waals surface area (Å²) in [5.74, 6) is -0.354. The van der Waals surface area contributed by atoms with Crippen molar-refractivity contribution in [2.45, 2.75) is 6.18 Å². The maximum Gasteiger partial charge on any atom is 0.435 e. The SMILES string of the molecule is O=C(Nc1ccc(-n2ccnc2)cc1)c1ccc(-c2cc(C(F)(F)F)nn2-c2ccccc2Cl)cc1.[HH]. The van der Waals surface area contributed by atoms with Gasteiger partial charge in [-0.15, -0.1) is 0 Å². The van der Waals surface area contributed by atoms with Crippen LogP contribution >= 0.6 is 11.6 Å². The molecule has 2 aromatic heterocycles. The summed E-state index contributed by atoms with van der Waals surface area (Å²) in [6.07, 6.45) is 0.522. The Balaban J connectivity index is 0.00000320. The van der Waals surface area contributed by atoms with Crippen LogP contribution in [-0.2, 0) is 6.18 Å². The number of hydrogen-bond donors (Lipinski definition) is 1. The second kappa shape index (κ2) is 9.35. The van der Waals surface area contributed by atoms with Crippen molar-refractivity contribution >= 4 is 23.2 Å². The number of nitrogens with one attached hydrogen (secondary N) is 1. The molecule has 5 rings (SSSR count). The van der Waals surface area contributed by atoms with Crippen LogP contribution in [0.4, 0.5) is 18.9 Å². The lowest BCUT2D eigenvalue weighted by Gasteiger charge is -2.10. The van der Waals surface area contributed by atoms with E-state index in [9.17, 15) is 18.0 Å². The Morgan fingerprint density at radius 1 is 0.972 bits per heavy atom. The Kier molecular flexibility index (Phi) is 6.07. The average molecular weight is 510 g/mol. The van der Waals surface area contributed by atoms with E-state index in [1.807, 2.05) is 22.9 Å². The molecule has 1 amide bonds. The number of imidazole rings is 1. The molecule has 2 heterocycles. The van der Waals surface area contributed by atoms with Crippen LogP contribution in [0, 0.1) is 0 Å². The highest BCUT2D eigenvalue weighted by Gasteiger charge is 2.35. The zero-order valence-corrected chi connectivity index (χ0v) is 19.2. The van der Waals surface area contributed by atoms with Crippen LogP contribution in [0.15, 0.2) is 97.6 Å². The van der Waals surface area contributed by atoms with Gasteiger partial charge in [0.1, 0.15) is 0 Å². The number of anilines is 1. The Bertz CT molecular complexity index is 1520. The molecule has 36 heavy (non-hydrogen) atoms. The van der Waals surface area contributed by atoms with E-state index < -0.39 is 11.9 Å². The third kappa shape index (κ3) is 4.73. The number of benzene rings is 3. The van der Waals surface area contributed by atoms with E-state index in [0.717, 1.165) is 16.4 Å². The summed E-state index contributed by atoms with van der Waals surface area (Å²) in [4.78, 5) is 16.7. The van der Waals surface area contributed by atoms with E-state index in [1.165, 1.54) is 0 Å². The van der Waals surface area contributed by atoms with Gasteiger partial charge in [-0.2, -0.15) is 18.3 Å². The molecule has 0 aliphatic rings. The first-order chi connectivity index (χ1) is 17.3. The summed E-state index contributed by atoms with van der Waals surface area (Å²) >= 11 is 6.22. The number of alkyl halides is 3. The van der Waals surface area contributed by atoms with Gasteiger partial charge in [0.05, 0.1) is 22.7 Å². The summed E-state index contributed by atoms with van der Waals surface area (Å²) in [5, 5.41) is 6.82. The molecule has 0 bridgehead atoms. The predicted molar refractivity (Wildman–Crippen MR) is 133 cm³/mol. The Morgan fingerprint density at radius 2 is 1.69 bits per heavy atom. The van der Waals surface area contributed by atoms with Crippen LogP contribution in [0.1, 0.15) is 17.5 Å². The lowest BCUT2D eigenvalue weighted by atomic mass is 10.1. The fraction of sp³-hybridized carbons (Fsp3) is 0.0385. The highest BCUT2D eigenvalue weighted by atomic mass is 35.5. The monoisotopic (exact) mass is 509 g/mol. The van der Waals surface area contributed by atoms with Crippen LogP contribution in [0.3, 0.4) is 0 Å². The van der Waals surface area contributed by atoms with Crippen molar-refractivity contribution in [1.82, 2.24) is 19.3 Å². The zero-order valence-electron chi connectivity index (χ0n) is 18.4. The lowest BCUT2D eigenvalue weighted by molar-refractivity contribution is -0.141. The van der Waals surface area contributed by atoms with Crippen molar-refractivity contribution in [3.05, 3.63) is 114 Å². The van der Waals surface area contributed by atoms with Gasteiger partial charge in [-0.25, -0.2) is 9.67 Å². The number of hydrogen-bond acceptors (Lipinski definition) is 3. The van der Waals surface area contributed by atoms with Gasteiger partial charge in [0, 0.05) is 36.3 Å². The average Bonchev–Trinajstić information content (AvgIpc) is 3.56. The number of carbonyl (C=O) groups excluding carboxylic acids is 1. The Labute approximate surface area is 210 Å². The van der Waals surface area contributed by atoms with E-state index >= 15 is 0 Å². The number of amides is 1. The lowest BCUT2D eigenvalue weighted by Crippen LogP contribution is -2.11. The number of nitrogens with zero attached hydrogens (tertiary/aromatic N) is 4. The van der Waals surface area contributed by atoms with Gasteiger partial charge >= 0.3 is 6.18 Å². The van der Waals surface area contributed by atoms with Crippen molar-refractivity contribution in [2.24, 2.45) is 0 Å². The van der Waals surface area contributed by atoms with Gasteiger partial charge in [-0.1, -0.05) is 35.9 Å². The maximum absolute atomic E-state index is 13.4. The van der Waals surface area contributed by atoms with E-state index in [4.69, 9.17) is 11.6 Å². The molecular formula is C26H19ClF3N5O. The Morgan fingerprint density at radius 3 is 2.33 bits per heavy atom. The third-order valence-corrected chi connectivity index (χ3v) is 5.77. The number of aromatic nitrogens is 4. The largest absolute Gasteiger partial charge is 0.435 e. The molecule has 0 saturated heterocycles. The molecule has 0 aliphatic carbocycles. The molecule has 0 radical (unpaired) electrons. The second-order valence-electron chi connectivity index (χ2n) is 7.82. The zero-order chi connectivity index (χ0) is 25.3. The van der Waals surface area contributed by atoms with E-state index in [1.54, 1.807) is 73.2 Å². The van der Waals surface area contributed by atoms with Crippen LogP contribution in [0.2, 0.25) is 5.02 Å². The Hall–Kier alpha value is -4.37. The van der Waals surface area contributed by atoms with Crippen molar-refractivity contribution in [3.8, 4) is 22.6 Å². The number of halogens is 4. The first-order valence-corrected chi connectivity index (χ1v) is 11.1. The molecule has 5 aromatic rings. The molecule has 0 aliphatic heterocycles. The fourth-order valence-electron chi connectivity index (χ4n) is 3.66. The van der Waals surface area contributed by atoms with E-state index in [-0.39, 0.29) is 18.1 Å². The fourth-order valence-corrected chi connectivity index (χ4v) is 3.87. The molecule has 3 aromatic carbocycles. The minimum absolute atomic E-state index is 0. The quantitative estimate of drug-likeness (QED) is 0.280. The van der Waals surface area contributed by atoms with Crippen molar-refractivity contribution in [3.63, 3.8) is 0 Å². The molecule has 0 unspecified atom stereocenters. The standard InChI is InChI=1S/C26H17ClF3N5O.H2/c27-21-3-1-2-4-22(21)35-23(15-24(33-35)26(28,29)30)17-5-7-18(8-6-17)25(36)32-19-9-11-20(12-10-19)34-14-13-31-16-34;/h1-16H,(H,32,36);1H. The van der Waals surface area contributed by atoms with E-state index in [2.05, 4.69) is 15.4 Å². The topological polar surface area (TPSA) is 64.7 Å². The first-order valence-electron chi connectivity index (χ1n) is 10.7. The third-order valence-electron chi connectivity index (χ3n) is 5.45. The predicted octanol–water partition coefficient (Wildman–Crippen LogP) is 6.90. The normalized spacial score (nSPS) is 11.4. The molecule has 0 saturated carbocycles. The van der Waals surface area contributed by atoms with Gasteiger partial charge in [0.2, 0.25) is 0 Å². The summed E-state index contributed by atoms with van der Waals surface area (Å²) in [5.41, 5.74) is 1.74. The van der Waals surface area contributed by atoms with Crippen molar-refractivity contribution in [1.29, 1.82) is 0 Å². The van der Waals surface area contributed by atoms with Gasteiger partial charge in [0.25, 0.3) is 5.91 Å².